The number of hydrogen-bond acceptors (Lipinski definition) is 2. The molecule has 0 unspecified atom stereocenters. The van der Waals surface area contributed by atoms with E-state index in [2.05, 4.69) is 10.6 Å². The van der Waals surface area contributed by atoms with Crippen LogP contribution in [-0.4, -0.2) is 17.1 Å². The average molecular weight is 310 g/mol. The van der Waals surface area contributed by atoms with Crippen LogP contribution in [0.15, 0.2) is 54.6 Å². The molecular weight excluding hydrogens is 292 g/mol. The highest BCUT2D eigenvalue weighted by molar-refractivity contribution is 5.88. The first-order valence-corrected chi connectivity index (χ1v) is 7.45. The van der Waals surface area contributed by atoms with Gasteiger partial charge in [-0.15, -0.1) is 0 Å². The third kappa shape index (κ3) is 3.04. The molecule has 2 amide bonds. The monoisotopic (exact) mass is 310 g/mol. The van der Waals surface area contributed by atoms with Gasteiger partial charge in [-0.05, 0) is 29.7 Å². The smallest absolute Gasteiger partial charge is 0.405 e. The van der Waals surface area contributed by atoms with Crippen molar-refractivity contribution in [3.63, 3.8) is 0 Å². The minimum absolute atomic E-state index is 0.117. The maximum absolute atomic E-state index is 11.2. The van der Waals surface area contributed by atoms with Crippen molar-refractivity contribution in [1.82, 2.24) is 5.32 Å². The maximum Gasteiger partial charge on any atom is 0.405 e. The van der Waals surface area contributed by atoms with Crippen molar-refractivity contribution in [2.45, 2.75) is 24.8 Å². The van der Waals surface area contributed by atoms with Gasteiger partial charge in [-0.2, -0.15) is 0 Å². The van der Waals surface area contributed by atoms with Crippen molar-refractivity contribution in [3.8, 4) is 0 Å². The molecule has 1 aliphatic rings. The molecule has 5 nitrogen and oxygen atoms in total. The Morgan fingerprint density at radius 1 is 1.09 bits per heavy atom. The molecule has 2 aromatic rings. The fraction of sp³-hybridized carbons (Fsp3) is 0.222. The van der Waals surface area contributed by atoms with Gasteiger partial charge < -0.3 is 15.7 Å². The molecule has 1 fully saturated rings. The number of nitrogens with one attached hydrogen (secondary N) is 2. The Kier molecular flexibility index (Phi) is 3.78. The Balaban J connectivity index is 1.89. The zero-order valence-electron chi connectivity index (χ0n) is 12.7. The predicted octanol–water partition coefficient (Wildman–Crippen LogP) is 3.30. The van der Waals surface area contributed by atoms with Crippen LogP contribution in [0.1, 0.15) is 30.4 Å². The highest BCUT2D eigenvalue weighted by Crippen LogP contribution is 2.58. The number of carboxylic acid groups (broad SMARTS) is 1. The first-order valence-electron chi connectivity index (χ1n) is 7.45. The number of carbonyl (C=O) groups is 2. The molecule has 0 saturated heterocycles. The Hall–Kier alpha value is -2.82. The molecule has 0 spiro atoms. The van der Waals surface area contributed by atoms with Crippen molar-refractivity contribution < 1.29 is 14.7 Å². The van der Waals surface area contributed by atoms with E-state index in [4.69, 9.17) is 0 Å². The molecule has 0 aliphatic heterocycles. The summed E-state index contributed by atoms with van der Waals surface area (Å²) in [5.74, 6) is -0.0175. The summed E-state index contributed by atoms with van der Waals surface area (Å²) < 4.78 is 0. The van der Waals surface area contributed by atoms with Crippen LogP contribution in [0, 0.1) is 0 Å². The van der Waals surface area contributed by atoms with Gasteiger partial charge in [0.15, 0.2) is 0 Å². The molecule has 3 rings (SSSR count). The van der Waals surface area contributed by atoms with Crippen LogP contribution < -0.4 is 10.6 Å². The Morgan fingerprint density at radius 3 is 2.30 bits per heavy atom. The van der Waals surface area contributed by atoms with Gasteiger partial charge in [0.2, 0.25) is 5.91 Å². The lowest BCUT2D eigenvalue weighted by molar-refractivity contribution is -0.114. The number of rotatable bonds is 4. The SMILES string of the molecule is CC(=O)Nc1ccc([C@@]2(NC(=O)O)C[C@H]2c2ccccc2)cc1. The second-order valence-corrected chi connectivity index (χ2v) is 5.83. The summed E-state index contributed by atoms with van der Waals surface area (Å²) in [6.07, 6.45) is -0.308. The van der Waals surface area contributed by atoms with Gasteiger partial charge in [-0.3, -0.25) is 4.79 Å². The summed E-state index contributed by atoms with van der Waals surface area (Å²) >= 11 is 0. The van der Waals surface area contributed by atoms with Crippen molar-refractivity contribution in [2.75, 3.05) is 5.32 Å². The molecule has 0 bridgehead atoms. The topological polar surface area (TPSA) is 78.4 Å². The highest BCUT2D eigenvalue weighted by atomic mass is 16.4. The van der Waals surface area contributed by atoms with Crippen LogP contribution >= 0.6 is 0 Å². The normalized spacial score (nSPS) is 22.2. The van der Waals surface area contributed by atoms with Gasteiger partial charge in [0.25, 0.3) is 0 Å². The molecule has 0 heterocycles. The van der Waals surface area contributed by atoms with Gasteiger partial charge in [-0.25, -0.2) is 4.79 Å². The number of carbonyl (C=O) groups excluding carboxylic acids is 1. The number of anilines is 1. The van der Waals surface area contributed by atoms with E-state index in [1.165, 1.54) is 6.92 Å². The van der Waals surface area contributed by atoms with Crippen molar-refractivity contribution >= 4 is 17.7 Å². The van der Waals surface area contributed by atoms with E-state index >= 15 is 0 Å². The van der Waals surface area contributed by atoms with Gasteiger partial charge in [0.1, 0.15) is 0 Å². The first-order chi connectivity index (χ1) is 11.0. The van der Waals surface area contributed by atoms with Gasteiger partial charge in [-0.1, -0.05) is 42.5 Å². The minimum Gasteiger partial charge on any atom is -0.465 e. The molecule has 0 radical (unpaired) electrons. The molecule has 1 saturated carbocycles. The third-order valence-electron chi connectivity index (χ3n) is 4.21. The fourth-order valence-electron chi connectivity index (χ4n) is 3.13. The number of benzene rings is 2. The van der Waals surface area contributed by atoms with Crippen LogP contribution in [0.3, 0.4) is 0 Å². The van der Waals surface area contributed by atoms with Crippen molar-refractivity contribution in [2.24, 2.45) is 0 Å². The summed E-state index contributed by atoms with van der Waals surface area (Å²) in [6, 6.07) is 17.2. The van der Waals surface area contributed by atoms with Crippen LogP contribution in [0.25, 0.3) is 0 Å². The minimum atomic E-state index is -1.03. The lowest BCUT2D eigenvalue weighted by atomic mass is 9.98. The van der Waals surface area contributed by atoms with Crippen LogP contribution in [0.5, 0.6) is 0 Å². The molecule has 2 atom stereocenters. The van der Waals surface area contributed by atoms with E-state index in [-0.39, 0.29) is 11.8 Å². The summed E-state index contributed by atoms with van der Waals surface area (Å²) in [6.45, 7) is 1.45. The number of hydrogen-bond donors (Lipinski definition) is 3. The molecule has 23 heavy (non-hydrogen) atoms. The second-order valence-electron chi connectivity index (χ2n) is 5.83. The average Bonchev–Trinajstić information content (AvgIpc) is 3.23. The van der Waals surface area contributed by atoms with Crippen molar-refractivity contribution in [1.29, 1.82) is 0 Å². The molecule has 3 N–H and O–H groups in total. The van der Waals surface area contributed by atoms with Gasteiger partial charge >= 0.3 is 6.09 Å². The quantitative estimate of drug-likeness (QED) is 0.811. The Morgan fingerprint density at radius 2 is 1.74 bits per heavy atom. The lowest BCUT2D eigenvalue weighted by Crippen LogP contribution is -2.35. The molecule has 5 heteroatoms. The second kappa shape index (κ2) is 5.76. The van der Waals surface area contributed by atoms with Crippen LogP contribution in [0.2, 0.25) is 0 Å². The lowest BCUT2D eigenvalue weighted by Gasteiger charge is -2.19. The Bertz CT molecular complexity index is 728. The van der Waals surface area contributed by atoms with E-state index < -0.39 is 11.6 Å². The predicted molar refractivity (Wildman–Crippen MR) is 87.4 cm³/mol. The van der Waals surface area contributed by atoms with E-state index in [1.54, 1.807) is 12.1 Å². The zero-order chi connectivity index (χ0) is 16.4. The third-order valence-corrected chi connectivity index (χ3v) is 4.21. The molecule has 0 aromatic heterocycles. The maximum atomic E-state index is 11.2. The molecule has 118 valence electrons. The van der Waals surface area contributed by atoms with Gasteiger partial charge in [0, 0.05) is 18.5 Å². The molecule has 2 aromatic carbocycles. The van der Waals surface area contributed by atoms with E-state index in [0.717, 1.165) is 17.5 Å². The van der Waals surface area contributed by atoms with Crippen LogP contribution in [-0.2, 0) is 10.3 Å². The van der Waals surface area contributed by atoms with E-state index in [1.807, 2.05) is 42.5 Å². The number of amides is 2. The fourth-order valence-corrected chi connectivity index (χ4v) is 3.13. The Labute approximate surface area is 134 Å². The largest absolute Gasteiger partial charge is 0.465 e. The summed E-state index contributed by atoms with van der Waals surface area (Å²) in [5.41, 5.74) is 2.13. The standard InChI is InChI=1S/C18H18N2O3/c1-12(21)19-15-9-7-14(8-10-15)18(20-17(22)23)11-16(18)13-5-3-2-4-6-13/h2-10,16,20H,11H2,1H3,(H,19,21)(H,22,23)/t16-,18-/m0/s1. The molecular formula is C18H18N2O3. The van der Waals surface area contributed by atoms with Crippen LogP contribution in [0.4, 0.5) is 10.5 Å². The van der Waals surface area contributed by atoms with Gasteiger partial charge in [0.05, 0.1) is 5.54 Å². The first kappa shape index (κ1) is 15.1. The zero-order valence-corrected chi connectivity index (χ0v) is 12.7. The summed E-state index contributed by atoms with van der Waals surface area (Å²) in [7, 11) is 0. The summed E-state index contributed by atoms with van der Waals surface area (Å²) in [4.78, 5) is 22.3. The summed E-state index contributed by atoms with van der Waals surface area (Å²) in [5, 5.41) is 14.6. The van der Waals surface area contributed by atoms with E-state index in [9.17, 15) is 14.7 Å². The molecule has 1 aliphatic carbocycles. The highest BCUT2D eigenvalue weighted by Gasteiger charge is 2.57. The van der Waals surface area contributed by atoms with E-state index in [0.29, 0.717) is 5.69 Å². The van der Waals surface area contributed by atoms with Crippen molar-refractivity contribution in [3.05, 3.63) is 65.7 Å².